The predicted octanol–water partition coefficient (Wildman–Crippen LogP) is 1.30. The zero-order valence-electron chi connectivity index (χ0n) is 14.0. The van der Waals surface area contributed by atoms with E-state index >= 15 is 0 Å². The third-order valence-corrected chi connectivity index (χ3v) is 5.60. The van der Waals surface area contributed by atoms with Gasteiger partial charge in [0.2, 0.25) is 10.0 Å². The first kappa shape index (κ1) is 18.3. The smallest absolute Gasteiger partial charge is 0.243 e. The van der Waals surface area contributed by atoms with Crippen LogP contribution in [0, 0.1) is 18.7 Å². The molecule has 1 saturated heterocycles. The number of likely N-dealkylation sites (N-methyl/N-ethyl adjacent to an activating group) is 1. The van der Waals surface area contributed by atoms with Gasteiger partial charge in [-0.1, -0.05) is 13.0 Å². The van der Waals surface area contributed by atoms with E-state index in [-0.39, 0.29) is 10.8 Å². The van der Waals surface area contributed by atoms with Crippen molar-refractivity contribution < 1.29 is 12.8 Å². The molecule has 0 amide bonds. The lowest BCUT2D eigenvalue weighted by molar-refractivity contribution is 0.139. The Bertz CT molecular complexity index is 628. The van der Waals surface area contributed by atoms with Gasteiger partial charge in [-0.05, 0) is 37.6 Å². The number of hydrogen-bond donors (Lipinski definition) is 1. The molecule has 0 spiro atoms. The van der Waals surface area contributed by atoms with E-state index in [9.17, 15) is 12.8 Å². The fourth-order valence-electron chi connectivity index (χ4n) is 2.68. The second kappa shape index (κ2) is 7.70. The summed E-state index contributed by atoms with van der Waals surface area (Å²) in [5.41, 5.74) is 0.720. The molecular formula is C16H26FN3O2S. The molecule has 0 bridgehead atoms. The van der Waals surface area contributed by atoms with Crippen LogP contribution in [0.25, 0.3) is 0 Å². The summed E-state index contributed by atoms with van der Waals surface area (Å²) in [6.07, 6.45) is 0. The number of benzene rings is 1. The second-order valence-electron chi connectivity index (χ2n) is 6.49. The van der Waals surface area contributed by atoms with E-state index in [0.29, 0.717) is 6.54 Å². The Morgan fingerprint density at radius 2 is 1.91 bits per heavy atom. The predicted molar refractivity (Wildman–Crippen MR) is 89.4 cm³/mol. The van der Waals surface area contributed by atoms with Crippen molar-refractivity contribution in [3.8, 4) is 0 Å². The molecule has 2 rings (SSSR count). The van der Waals surface area contributed by atoms with Gasteiger partial charge in [-0.25, -0.2) is 17.5 Å². The van der Waals surface area contributed by atoms with E-state index in [0.717, 1.165) is 38.3 Å². The minimum Gasteiger partial charge on any atom is -0.304 e. The first-order valence-corrected chi connectivity index (χ1v) is 9.43. The Labute approximate surface area is 138 Å². The highest BCUT2D eigenvalue weighted by molar-refractivity contribution is 7.89. The van der Waals surface area contributed by atoms with Crippen molar-refractivity contribution in [2.75, 3.05) is 46.3 Å². The van der Waals surface area contributed by atoms with Crippen LogP contribution in [0.1, 0.15) is 12.5 Å². The topological polar surface area (TPSA) is 52.7 Å². The monoisotopic (exact) mass is 343 g/mol. The summed E-state index contributed by atoms with van der Waals surface area (Å²) >= 11 is 0. The highest BCUT2D eigenvalue weighted by Crippen LogP contribution is 2.16. The molecule has 0 aliphatic carbocycles. The van der Waals surface area contributed by atoms with Gasteiger partial charge in [0, 0.05) is 39.3 Å². The number of halogens is 1. The molecule has 7 heteroatoms. The number of aryl methyl sites for hydroxylation is 1. The SMILES string of the molecule is Cc1ccc(F)c(S(=O)(=O)NCC(C)CN2CCN(C)CC2)c1. The second-order valence-corrected chi connectivity index (χ2v) is 8.23. The average Bonchev–Trinajstić information content (AvgIpc) is 2.50. The number of piperazine rings is 1. The van der Waals surface area contributed by atoms with Crippen molar-refractivity contribution in [1.29, 1.82) is 0 Å². The maximum absolute atomic E-state index is 13.8. The lowest BCUT2D eigenvalue weighted by Gasteiger charge is -2.33. The number of sulfonamides is 1. The molecule has 1 fully saturated rings. The van der Waals surface area contributed by atoms with E-state index in [2.05, 4.69) is 21.6 Å². The fraction of sp³-hybridized carbons (Fsp3) is 0.625. The van der Waals surface area contributed by atoms with Crippen molar-refractivity contribution in [3.05, 3.63) is 29.6 Å². The van der Waals surface area contributed by atoms with Crippen LogP contribution in [0.3, 0.4) is 0 Å². The zero-order valence-corrected chi connectivity index (χ0v) is 14.9. The molecule has 1 aliphatic rings. The molecule has 1 unspecified atom stereocenters. The summed E-state index contributed by atoms with van der Waals surface area (Å²) in [4.78, 5) is 4.35. The average molecular weight is 343 g/mol. The van der Waals surface area contributed by atoms with Crippen LogP contribution in [-0.2, 0) is 10.0 Å². The highest BCUT2D eigenvalue weighted by atomic mass is 32.2. The van der Waals surface area contributed by atoms with Gasteiger partial charge in [0.1, 0.15) is 10.7 Å². The molecule has 5 nitrogen and oxygen atoms in total. The van der Waals surface area contributed by atoms with Crippen molar-refractivity contribution in [2.45, 2.75) is 18.7 Å². The van der Waals surface area contributed by atoms with Crippen LogP contribution in [0.4, 0.5) is 4.39 Å². The Hall–Kier alpha value is -1.02. The third-order valence-electron chi connectivity index (χ3n) is 4.16. The van der Waals surface area contributed by atoms with E-state index in [1.165, 1.54) is 12.1 Å². The van der Waals surface area contributed by atoms with E-state index in [1.54, 1.807) is 13.0 Å². The quantitative estimate of drug-likeness (QED) is 0.846. The van der Waals surface area contributed by atoms with Crippen molar-refractivity contribution in [3.63, 3.8) is 0 Å². The largest absolute Gasteiger partial charge is 0.304 e. The highest BCUT2D eigenvalue weighted by Gasteiger charge is 2.21. The van der Waals surface area contributed by atoms with Crippen molar-refractivity contribution >= 4 is 10.0 Å². The molecule has 0 radical (unpaired) electrons. The molecule has 1 heterocycles. The summed E-state index contributed by atoms with van der Waals surface area (Å²) < 4.78 is 40.9. The van der Waals surface area contributed by atoms with Crippen LogP contribution in [0.15, 0.2) is 23.1 Å². The van der Waals surface area contributed by atoms with E-state index in [4.69, 9.17) is 0 Å². The Morgan fingerprint density at radius 1 is 1.26 bits per heavy atom. The van der Waals surface area contributed by atoms with Gasteiger partial charge >= 0.3 is 0 Å². The number of nitrogens with one attached hydrogen (secondary N) is 1. The van der Waals surface area contributed by atoms with Gasteiger partial charge in [-0.15, -0.1) is 0 Å². The minimum absolute atomic E-state index is 0.168. The summed E-state index contributed by atoms with van der Waals surface area (Å²) in [5, 5.41) is 0. The molecule has 130 valence electrons. The normalized spacial score (nSPS) is 19.0. The van der Waals surface area contributed by atoms with Gasteiger partial charge in [0.25, 0.3) is 0 Å². The fourth-order valence-corrected chi connectivity index (χ4v) is 4.01. The molecule has 23 heavy (non-hydrogen) atoms. The molecule has 1 aromatic carbocycles. The standard InChI is InChI=1S/C16H26FN3O2S/c1-13-4-5-15(17)16(10-13)23(21,22)18-11-14(2)12-20-8-6-19(3)7-9-20/h4-5,10,14,18H,6-9,11-12H2,1-3H3. The Morgan fingerprint density at radius 3 is 2.57 bits per heavy atom. The van der Waals surface area contributed by atoms with Crippen molar-refractivity contribution in [1.82, 2.24) is 14.5 Å². The van der Waals surface area contributed by atoms with Crippen LogP contribution in [-0.4, -0.2) is 64.5 Å². The number of nitrogens with zero attached hydrogens (tertiary/aromatic N) is 2. The lowest BCUT2D eigenvalue weighted by atomic mass is 10.1. The summed E-state index contributed by atoms with van der Waals surface area (Å²) in [5.74, 6) is -0.545. The van der Waals surface area contributed by atoms with E-state index < -0.39 is 15.8 Å². The van der Waals surface area contributed by atoms with Gasteiger partial charge in [-0.3, -0.25) is 0 Å². The molecule has 1 aromatic rings. The lowest BCUT2D eigenvalue weighted by Crippen LogP contribution is -2.46. The minimum atomic E-state index is -3.81. The molecular weight excluding hydrogens is 317 g/mol. The van der Waals surface area contributed by atoms with Gasteiger partial charge < -0.3 is 9.80 Å². The summed E-state index contributed by atoms with van der Waals surface area (Å²) in [7, 11) is -1.71. The van der Waals surface area contributed by atoms with Crippen LogP contribution in [0.2, 0.25) is 0 Å². The third kappa shape index (κ3) is 5.24. The van der Waals surface area contributed by atoms with Crippen LogP contribution < -0.4 is 4.72 Å². The molecule has 1 N–H and O–H groups in total. The van der Waals surface area contributed by atoms with Crippen LogP contribution >= 0.6 is 0 Å². The molecule has 0 aromatic heterocycles. The first-order valence-electron chi connectivity index (χ1n) is 7.94. The Kier molecular flexibility index (Phi) is 6.13. The van der Waals surface area contributed by atoms with Crippen molar-refractivity contribution in [2.24, 2.45) is 5.92 Å². The first-order chi connectivity index (χ1) is 10.8. The number of rotatable bonds is 6. The molecule has 0 saturated carbocycles. The van der Waals surface area contributed by atoms with E-state index in [1.807, 2.05) is 6.92 Å². The van der Waals surface area contributed by atoms with Gasteiger partial charge in [0.15, 0.2) is 0 Å². The van der Waals surface area contributed by atoms with Gasteiger partial charge in [-0.2, -0.15) is 0 Å². The maximum Gasteiger partial charge on any atom is 0.243 e. The van der Waals surface area contributed by atoms with Gasteiger partial charge in [0.05, 0.1) is 0 Å². The van der Waals surface area contributed by atoms with Crippen LogP contribution in [0.5, 0.6) is 0 Å². The number of hydrogen-bond acceptors (Lipinski definition) is 4. The molecule has 1 aliphatic heterocycles. The summed E-state index contributed by atoms with van der Waals surface area (Å²) in [6.45, 7) is 8.97. The molecule has 1 atom stereocenters. The zero-order chi connectivity index (χ0) is 17.0. The maximum atomic E-state index is 13.8. The Balaban J connectivity index is 1.90. The summed E-state index contributed by atoms with van der Waals surface area (Å²) in [6, 6.07) is 4.12.